The highest BCUT2D eigenvalue weighted by Gasteiger charge is 2.16. The zero-order chi connectivity index (χ0) is 15.7. The van der Waals surface area contributed by atoms with Crippen molar-refractivity contribution in [1.82, 2.24) is 5.48 Å². The molecule has 0 aromatic heterocycles. The Labute approximate surface area is 126 Å². The number of nitrogens with one attached hydrogen (secondary N) is 1. The average molecular weight is 289 g/mol. The molecule has 2 amide bonds. The van der Waals surface area contributed by atoms with E-state index in [9.17, 15) is 4.79 Å². The highest BCUT2D eigenvalue weighted by molar-refractivity contribution is 5.93. The van der Waals surface area contributed by atoms with Gasteiger partial charge in [0.15, 0.2) is 6.19 Å². The zero-order valence-electron chi connectivity index (χ0n) is 12.9. The molecule has 1 atom stereocenters. The van der Waals surface area contributed by atoms with Crippen LogP contribution in [0.2, 0.25) is 0 Å². The fourth-order valence-corrected chi connectivity index (χ4v) is 1.87. The lowest BCUT2D eigenvalue weighted by atomic mass is 10.1. The van der Waals surface area contributed by atoms with Crippen LogP contribution in [-0.2, 0) is 4.84 Å². The van der Waals surface area contributed by atoms with Crippen molar-refractivity contribution in [3.63, 3.8) is 0 Å². The number of nitrogens with zero attached hydrogens (tertiary/aromatic N) is 2. The first-order valence-electron chi connectivity index (χ1n) is 7.25. The molecule has 5 heteroatoms. The van der Waals surface area contributed by atoms with Crippen LogP contribution < -0.4 is 10.4 Å². The van der Waals surface area contributed by atoms with Gasteiger partial charge in [-0.05, 0) is 31.4 Å². The molecule has 0 radical (unpaired) electrons. The van der Waals surface area contributed by atoms with Crippen molar-refractivity contribution in [1.29, 1.82) is 5.26 Å². The van der Waals surface area contributed by atoms with E-state index in [1.165, 1.54) is 0 Å². The molecule has 1 N–H and O–H groups in total. The van der Waals surface area contributed by atoms with Gasteiger partial charge in [0.1, 0.15) is 0 Å². The van der Waals surface area contributed by atoms with Gasteiger partial charge in [0, 0.05) is 0 Å². The van der Waals surface area contributed by atoms with Crippen LogP contribution >= 0.6 is 0 Å². The number of benzene rings is 1. The van der Waals surface area contributed by atoms with Gasteiger partial charge in [-0.15, -0.1) is 0 Å². The molecule has 0 saturated carbocycles. The number of hydrogen-bond acceptors (Lipinski definition) is 3. The molecule has 0 aliphatic rings. The Balaban J connectivity index is 2.40. The van der Waals surface area contributed by atoms with Crippen LogP contribution in [0.15, 0.2) is 30.3 Å². The highest BCUT2D eigenvalue weighted by Crippen LogP contribution is 2.13. The SMILES string of the molecule is CC(C)CCCC(C)ONC(=O)N(C#N)c1ccccc1. The summed E-state index contributed by atoms with van der Waals surface area (Å²) >= 11 is 0. The summed E-state index contributed by atoms with van der Waals surface area (Å²) in [6.07, 6.45) is 4.82. The van der Waals surface area contributed by atoms with Crippen molar-refractivity contribution in [2.45, 2.75) is 46.1 Å². The summed E-state index contributed by atoms with van der Waals surface area (Å²) in [4.78, 5) is 18.2. The maximum atomic E-state index is 11.9. The molecule has 0 fully saturated rings. The predicted molar refractivity (Wildman–Crippen MR) is 82.3 cm³/mol. The van der Waals surface area contributed by atoms with Crippen LogP contribution in [0, 0.1) is 17.4 Å². The lowest BCUT2D eigenvalue weighted by Gasteiger charge is -2.17. The fraction of sp³-hybridized carbons (Fsp3) is 0.500. The molecule has 0 heterocycles. The lowest BCUT2D eigenvalue weighted by molar-refractivity contribution is 0.00256. The summed E-state index contributed by atoms with van der Waals surface area (Å²) in [5, 5.41) is 9.08. The van der Waals surface area contributed by atoms with Crippen molar-refractivity contribution >= 4 is 11.7 Å². The molecule has 0 aliphatic carbocycles. The Hall–Kier alpha value is -2.06. The second-order valence-electron chi connectivity index (χ2n) is 5.43. The zero-order valence-corrected chi connectivity index (χ0v) is 12.9. The fourth-order valence-electron chi connectivity index (χ4n) is 1.87. The van der Waals surface area contributed by atoms with Crippen LogP contribution in [0.3, 0.4) is 0 Å². The van der Waals surface area contributed by atoms with E-state index in [2.05, 4.69) is 19.3 Å². The molecular formula is C16H23N3O2. The normalized spacial score (nSPS) is 11.8. The number of rotatable bonds is 7. The minimum atomic E-state index is -0.584. The molecule has 21 heavy (non-hydrogen) atoms. The van der Waals surface area contributed by atoms with Crippen molar-refractivity contribution in [3.05, 3.63) is 30.3 Å². The second-order valence-corrected chi connectivity index (χ2v) is 5.43. The van der Waals surface area contributed by atoms with Gasteiger partial charge in [-0.2, -0.15) is 10.2 Å². The molecule has 0 bridgehead atoms. The van der Waals surface area contributed by atoms with Gasteiger partial charge < -0.3 is 0 Å². The van der Waals surface area contributed by atoms with Crippen LogP contribution in [0.1, 0.15) is 40.0 Å². The number of urea groups is 1. The van der Waals surface area contributed by atoms with E-state index in [1.807, 2.05) is 19.2 Å². The first-order valence-corrected chi connectivity index (χ1v) is 7.25. The third-order valence-electron chi connectivity index (χ3n) is 3.06. The van der Waals surface area contributed by atoms with Gasteiger partial charge >= 0.3 is 6.03 Å². The number of nitriles is 1. The third-order valence-corrected chi connectivity index (χ3v) is 3.06. The molecule has 114 valence electrons. The van der Waals surface area contributed by atoms with Gasteiger partial charge in [-0.1, -0.05) is 44.9 Å². The maximum Gasteiger partial charge on any atom is 0.359 e. The molecule has 1 aromatic carbocycles. The van der Waals surface area contributed by atoms with Gasteiger partial charge in [0.25, 0.3) is 0 Å². The standard InChI is InChI=1S/C16H23N3O2/c1-13(2)8-7-9-14(3)21-18-16(20)19(12-17)15-10-5-4-6-11-15/h4-6,10-11,13-14H,7-9H2,1-3H3,(H,18,20). The summed E-state index contributed by atoms with van der Waals surface area (Å²) in [5.74, 6) is 0.666. The van der Waals surface area contributed by atoms with Gasteiger partial charge in [-0.3, -0.25) is 4.84 Å². The topological polar surface area (TPSA) is 65.4 Å². The number of para-hydroxylation sites is 1. The number of anilines is 1. The number of amides is 2. The molecule has 1 rings (SSSR count). The Morgan fingerprint density at radius 2 is 1.95 bits per heavy atom. The first kappa shape index (κ1) is 17.0. The Bertz CT molecular complexity index is 468. The summed E-state index contributed by atoms with van der Waals surface area (Å²) in [6.45, 7) is 6.26. The van der Waals surface area contributed by atoms with Crippen molar-refractivity contribution in [3.8, 4) is 6.19 Å². The van der Waals surface area contributed by atoms with Crippen LogP contribution in [0.5, 0.6) is 0 Å². The second kappa shape index (κ2) is 8.98. The minimum Gasteiger partial charge on any atom is -0.269 e. The molecule has 0 aliphatic heterocycles. The number of carbonyl (C=O) groups is 1. The molecule has 0 saturated heterocycles. The van der Waals surface area contributed by atoms with E-state index in [4.69, 9.17) is 10.1 Å². The molecule has 5 nitrogen and oxygen atoms in total. The summed E-state index contributed by atoms with van der Waals surface area (Å²) in [7, 11) is 0. The summed E-state index contributed by atoms with van der Waals surface area (Å²) < 4.78 is 0. The van der Waals surface area contributed by atoms with Crippen LogP contribution in [0.4, 0.5) is 10.5 Å². The molecule has 1 aromatic rings. The van der Waals surface area contributed by atoms with E-state index < -0.39 is 6.03 Å². The number of carbonyl (C=O) groups excluding carboxylic acids is 1. The van der Waals surface area contributed by atoms with Crippen molar-refractivity contribution < 1.29 is 9.63 Å². The molecular weight excluding hydrogens is 266 g/mol. The van der Waals surface area contributed by atoms with E-state index in [1.54, 1.807) is 24.3 Å². The van der Waals surface area contributed by atoms with Crippen molar-refractivity contribution in [2.24, 2.45) is 5.92 Å². The Morgan fingerprint density at radius 3 is 2.52 bits per heavy atom. The van der Waals surface area contributed by atoms with Crippen LogP contribution in [0.25, 0.3) is 0 Å². The first-order chi connectivity index (χ1) is 10.0. The number of hydrogen-bond donors (Lipinski definition) is 1. The third kappa shape index (κ3) is 6.28. The maximum absolute atomic E-state index is 11.9. The quantitative estimate of drug-likeness (QED) is 0.471. The van der Waals surface area contributed by atoms with Crippen molar-refractivity contribution in [2.75, 3.05) is 4.90 Å². The predicted octanol–water partition coefficient (Wildman–Crippen LogP) is 3.83. The van der Waals surface area contributed by atoms with E-state index in [0.29, 0.717) is 11.6 Å². The van der Waals surface area contributed by atoms with E-state index >= 15 is 0 Å². The minimum absolute atomic E-state index is 0.0796. The van der Waals surface area contributed by atoms with E-state index in [-0.39, 0.29) is 6.10 Å². The number of hydroxylamine groups is 1. The largest absolute Gasteiger partial charge is 0.359 e. The molecule has 1 unspecified atom stereocenters. The van der Waals surface area contributed by atoms with Crippen LogP contribution in [-0.4, -0.2) is 12.1 Å². The lowest BCUT2D eigenvalue weighted by Crippen LogP contribution is -2.38. The van der Waals surface area contributed by atoms with E-state index in [0.717, 1.165) is 24.2 Å². The van der Waals surface area contributed by atoms with Gasteiger partial charge in [0.2, 0.25) is 0 Å². The van der Waals surface area contributed by atoms with Gasteiger partial charge in [-0.25, -0.2) is 10.3 Å². The highest BCUT2D eigenvalue weighted by atomic mass is 16.7. The average Bonchev–Trinajstić information content (AvgIpc) is 2.46. The monoisotopic (exact) mass is 289 g/mol. The Kier molecular flexibility index (Phi) is 7.27. The van der Waals surface area contributed by atoms with Gasteiger partial charge in [0.05, 0.1) is 11.8 Å². The Morgan fingerprint density at radius 1 is 1.29 bits per heavy atom. The smallest absolute Gasteiger partial charge is 0.269 e. The summed E-state index contributed by atoms with van der Waals surface area (Å²) in [6, 6.07) is 8.15. The molecule has 0 spiro atoms. The summed E-state index contributed by atoms with van der Waals surface area (Å²) in [5.41, 5.74) is 2.84.